The first-order valence-electron chi connectivity index (χ1n) is 3.58. The van der Waals surface area contributed by atoms with Gasteiger partial charge in [0.2, 0.25) is 9.84 Å². The van der Waals surface area contributed by atoms with Crippen LogP contribution in [0.5, 0.6) is 0 Å². The second-order valence-corrected chi connectivity index (χ2v) is 5.42. The first-order valence-corrected chi connectivity index (χ1v) is 6.24. The molecule has 0 aliphatic heterocycles. The number of benzene rings is 1. The van der Waals surface area contributed by atoms with E-state index in [0.717, 1.165) is 18.2 Å². The van der Waals surface area contributed by atoms with Crippen LogP contribution in [0.4, 0.5) is 8.78 Å². The Morgan fingerprint density at radius 3 is 2.40 bits per heavy atom. The molecule has 15 heavy (non-hydrogen) atoms. The van der Waals surface area contributed by atoms with Crippen LogP contribution in [0.15, 0.2) is 34.1 Å². The highest BCUT2D eigenvalue weighted by Crippen LogP contribution is 2.20. The topological polar surface area (TPSA) is 71.4 Å². The third-order valence-electron chi connectivity index (χ3n) is 1.57. The third-order valence-corrected chi connectivity index (χ3v) is 3.61. The van der Waals surface area contributed by atoms with Crippen LogP contribution in [0.1, 0.15) is 0 Å². The van der Waals surface area contributed by atoms with Gasteiger partial charge in [0.1, 0.15) is 0 Å². The fraction of sp³-hybridized carbons (Fsp3) is 0.143. The SMILES string of the molecule is O=S(O)c1cccc(S(=O)(=O)C(F)F)c1. The second kappa shape index (κ2) is 4.33. The van der Waals surface area contributed by atoms with E-state index in [9.17, 15) is 21.4 Å². The predicted molar refractivity (Wildman–Crippen MR) is 48.7 cm³/mol. The van der Waals surface area contributed by atoms with Gasteiger partial charge in [-0.15, -0.1) is 0 Å². The fourth-order valence-corrected chi connectivity index (χ4v) is 2.13. The first kappa shape index (κ1) is 12.2. The van der Waals surface area contributed by atoms with Gasteiger partial charge >= 0.3 is 5.76 Å². The van der Waals surface area contributed by atoms with E-state index in [-0.39, 0.29) is 4.90 Å². The van der Waals surface area contributed by atoms with Crippen molar-refractivity contribution in [2.75, 3.05) is 0 Å². The van der Waals surface area contributed by atoms with Gasteiger partial charge in [0.25, 0.3) is 0 Å². The maximum Gasteiger partial charge on any atom is 0.341 e. The Bertz CT molecular complexity index is 484. The number of halogens is 2. The highest BCUT2D eigenvalue weighted by molar-refractivity contribution is 7.91. The fourth-order valence-electron chi connectivity index (χ4n) is 0.863. The molecule has 0 amide bonds. The summed E-state index contributed by atoms with van der Waals surface area (Å²) in [5.41, 5.74) is 0. The molecular formula is C7H6F2O4S2. The largest absolute Gasteiger partial charge is 0.341 e. The Hall–Kier alpha value is -0.860. The van der Waals surface area contributed by atoms with Crippen LogP contribution in [0.3, 0.4) is 0 Å². The average Bonchev–Trinajstić information content (AvgIpc) is 2.17. The van der Waals surface area contributed by atoms with Crippen LogP contribution >= 0.6 is 0 Å². The van der Waals surface area contributed by atoms with Crippen molar-refractivity contribution >= 4 is 20.9 Å². The molecule has 0 spiro atoms. The average molecular weight is 256 g/mol. The summed E-state index contributed by atoms with van der Waals surface area (Å²) in [6.07, 6.45) is 0. The van der Waals surface area contributed by atoms with Crippen LogP contribution < -0.4 is 0 Å². The molecule has 0 radical (unpaired) electrons. The van der Waals surface area contributed by atoms with E-state index in [4.69, 9.17) is 4.55 Å². The zero-order valence-corrected chi connectivity index (χ0v) is 8.76. The van der Waals surface area contributed by atoms with Gasteiger partial charge < -0.3 is 4.55 Å². The molecule has 1 N–H and O–H groups in total. The van der Waals surface area contributed by atoms with E-state index in [1.54, 1.807) is 0 Å². The van der Waals surface area contributed by atoms with E-state index >= 15 is 0 Å². The molecule has 0 heterocycles. The van der Waals surface area contributed by atoms with Gasteiger partial charge in [0, 0.05) is 0 Å². The molecule has 1 rings (SSSR count). The van der Waals surface area contributed by atoms with Crippen LogP contribution in [0.2, 0.25) is 0 Å². The van der Waals surface area contributed by atoms with E-state index in [0.29, 0.717) is 0 Å². The summed E-state index contributed by atoms with van der Waals surface area (Å²) in [7, 11) is -4.71. The summed E-state index contributed by atoms with van der Waals surface area (Å²) in [5.74, 6) is -3.54. The molecule has 0 saturated heterocycles. The number of rotatable bonds is 3. The standard InChI is InChI=1S/C7H6F2O4S2/c8-7(9)15(12,13)6-3-1-2-5(4-6)14(10)11/h1-4,7H,(H,10,11). The molecule has 8 heteroatoms. The minimum atomic E-state index is -4.71. The van der Waals surface area contributed by atoms with E-state index in [2.05, 4.69) is 0 Å². The Kier molecular flexibility index (Phi) is 3.53. The lowest BCUT2D eigenvalue weighted by Crippen LogP contribution is -2.11. The Morgan fingerprint density at radius 2 is 1.93 bits per heavy atom. The molecule has 1 unspecified atom stereocenters. The van der Waals surface area contributed by atoms with Gasteiger partial charge in [-0.25, -0.2) is 12.6 Å². The predicted octanol–water partition coefficient (Wildman–Crippen LogP) is 1.26. The van der Waals surface area contributed by atoms with Gasteiger partial charge in [-0.1, -0.05) is 6.07 Å². The van der Waals surface area contributed by atoms with Crippen LogP contribution in [0, 0.1) is 0 Å². The Morgan fingerprint density at radius 1 is 1.33 bits per heavy atom. The molecule has 1 aromatic carbocycles. The number of sulfone groups is 1. The summed E-state index contributed by atoms with van der Waals surface area (Å²) in [5, 5.41) is 0. The molecular weight excluding hydrogens is 250 g/mol. The molecule has 0 aromatic heterocycles. The normalized spacial score (nSPS) is 14.1. The summed E-state index contributed by atoms with van der Waals surface area (Å²) in [4.78, 5) is -0.908. The zero-order valence-electron chi connectivity index (χ0n) is 7.13. The highest BCUT2D eigenvalue weighted by atomic mass is 32.2. The molecule has 84 valence electrons. The summed E-state index contributed by atoms with van der Waals surface area (Å²) >= 11 is -2.40. The van der Waals surface area contributed by atoms with Gasteiger partial charge in [-0.05, 0) is 18.2 Å². The molecule has 0 saturated carbocycles. The van der Waals surface area contributed by atoms with Crippen molar-refractivity contribution in [1.82, 2.24) is 0 Å². The number of hydrogen-bond donors (Lipinski definition) is 1. The monoisotopic (exact) mass is 256 g/mol. The second-order valence-electron chi connectivity index (χ2n) is 2.53. The van der Waals surface area contributed by atoms with Crippen LogP contribution in [-0.2, 0) is 20.9 Å². The molecule has 0 bridgehead atoms. The number of hydrogen-bond acceptors (Lipinski definition) is 3. The van der Waals surface area contributed by atoms with E-state index < -0.39 is 31.6 Å². The zero-order chi connectivity index (χ0) is 11.6. The lowest BCUT2D eigenvalue weighted by atomic mass is 10.4. The van der Waals surface area contributed by atoms with Gasteiger partial charge in [-0.2, -0.15) is 8.78 Å². The van der Waals surface area contributed by atoms with Crippen molar-refractivity contribution in [2.24, 2.45) is 0 Å². The van der Waals surface area contributed by atoms with Crippen molar-refractivity contribution < 1.29 is 26.0 Å². The quantitative estimate of drug-likeness (QED) is 0.826. The number of alkyl halides is 2. The minimum Gasteiger partial charge on any atom is -0.302 e. The summed E-state index contributed by atoms with van der Waals surface area (Å²) < 4.78 is 65.4. The molecule has 1 atom stereocenters. The lowest BCUT2D eigenvalue weighted by molar-refractivity contribution is 0.234. The van der Waals surface area contributed by atoms with Crippen molar-refractivity contribution in [3.63, 3.8) is 0 Å². The Balaban J connectivity index is 3.29. The lowest BCUT2D eigenvalue weighted by Gasteiger charge is -2.03. The smallest absolute Gasteiger partial charge is 0.302 e. The van der Waals surface area contributed by atoms with Crippen molar-refractivity contribution in [3.8, 4) is 0 Å². The van der Waals surface area contributed by atoms with Crippen molar-refractivity contribution in [3.05, 3.63) is 24.3 Å². The van der Waals surface area contributed by atoms with Crippen LogP contribution in [0.25, 0.3) is 0 Å². The van der Waals surface area contributed by atoms with Crippen molar-refractivity contribution in [1.29, 1.82) is 0 Å². The van der Waals surface area contributed by atoms with Crippen LogP contribution in [-0.4, -0.2) is 22.9 Å². The molecule has 0 fully saturated rings. The Labute approximate surface area is 87.1 Å². The van der Waals surface area contributed by atoms with E-state index in [1.807, 2.05) is 0 Å². The summed E-state index contributed by atoms with van der Waals surface area (Å²) in [6, 6.07) is 3.98. The van der Waals surface area contributed by atoms with Gasteiger partial charge in [0.05, 0.1) is 9.79 Å². The van der Waals surface area contributed by atoms with Gasteiger partial charge in [0.15, 0.2) is 11.1 Å². The van der Waals surface area contributed by atoms with Gasteiger partial charge in [-0.3, -0.25) is 0 Å². The van der Waals surface area contributed by atoms with E-state index in [1.165, 1.54) is 6.07 Å². The summed E-state index contributed by atoms with van der Waals surface area (Å²) in [6.45, 7) is 0. The minimum absolute atomic E-state index is 0.239. The van der Waals surface area contributed by atoms with Crippen molar-refractivity contribution in [2.45, 2.75) is 15.5 Å². The maximum absolute atomic E-state index is 12.1. The molecule has 0 aliphatic carbocycles. The maximum atomic E-state index is 12.1. The molecule has 1 aromatic rings. The first-order chi connectivity index (χ1) is 6.85. The molecule has 0 aliphatic rings. The third kappa shape index (κ3) is 2.58. The highest BCUT2D eigenvalue weighted by Gasteiger charge is 2.26. The molecule has 4 nitrogen and oxygen atoms in total.